The van der Waals surface area contributed by atoms with E-state index >= 15 is 0 Å². The van der Waals surface area contributed by atoms with Crippen LogP contribution in [0.5, 0.6) is 0 Å². The van der Waals surface area contributed by atoms with Gasteiger partial charge in [-0.15, -0.1) is 0 Å². The van der Waals surface area contributed by atoms with Gasteiger partial charge in [0.1, 0.15) is 0 Å². The molecular weight excluding hydrogens is 254 g/mol. The first kappa shape index (κ1) is 11.9. The van der Waals surface area contributed by atoms with E-state index in [0.29, 0.717) is 16.9 Å². The summed E-state index contributed by atoms with van der Waals surface area (Å²) < 4.78 is 1.29. The van der Waals surface area contributed by atoms with Crippen molar-refractivity contribution >= 4 is 0 Å². The van der Waals surface area contributed by atoms with Crippen molar-refractivity contribution in [2.75, 3.05) is 0 Å². The van der Waals surface area contributed by atoms with E-state index in [0.717, 1.165) is 5.56 Å². The predicted octanol–water partition coefficient (Wildman–Crippen LogP) is 1.49. The van der Waals surface area contributed by atoms with Gasteiger partial charge in [-0.05, 0) is 12.1 Å². The van der Waals surface area contributed by atoms with E-state index in [-0.39, 0.29) is 5.56 Å². The first-order chi connectivity index (χ1) is 9.79. The Labute approximate surface area is 114 Å². The van der Waals surface area contributed by atoms with Crippen LogP contribution in [0, 0.1) is 11.3 Å². The van der Waals surface area contributed by atoms with E-state index in [2.05, 4.69) is 15.1 Å². The van der Waals surface area contributed by atoms with Crippen molar-refractivity contribution in [2.45, 2.75) is 0 Å². The van der Waals surface area contributed by atoms with Gasteiger partial charge in [-0.3, -0.25) is 14.9 Å². The lowest BCUT2D eigenvalue weighted by atomic mass is 10.2. The number of H-pyrrole nitrogens is 1. The number of rotatable bonds is 2. The second-order valence-electron chi connectivity index (χ2n) is 4.08. The third kappa shape index (κ3) is 1.97. The van der Waals surface area contributed by atoms with Crippen molar-refractivity contribution in [3.63, 3.8) is 0 Å². The summed E-state index contributed by atoms with van der Waals surface area (Å²) in [6, 6.07) is 8.72. The van der Waals surface area contributed by atoms with Crippen LogP contribution in [0.2, 0.25) is 0 Å². The van der Waals surface area contributed by atoms with Crippen LogP contribution in [0.4, 0.5) is 0 Å². The fourth-order valence-corrected chi connectivity index (χ4v) is 1.88. The molecule has 96 valence electrons. The molecule has 0 saturated carbocycles. The van der Waals surface area contributed by atoms with E-state index in [1.165, 1.54) is 10.9 Å². The molecule has 0 spiro atoms. The number of nitrogens with zero attached hydrogens (tertiary/aromatic N) is 4. The minimum atomic E-state index is -0.236. The van der Waals surface area contributed by atoms with Crippen molar-refractivity contribution in [3.8, 4) is 23.0 Å². The van der Waals surface area contributed by atoms with Crippen LogP contribution in [0.15, 0.2) is 53.8 Å². The van der Waals surface area contributed by atoms with Crippen LogP contribution in [0.3, 0.4) is 0 Å². The van der Waals surface area contributed by atoms with Crippen LogP contribution in [-0.4, -0.2) is 19.7 Å². The monoisotopic (exact) mass is 263 g/mol. The molecule has 0 aliphatic rings. The van der Waals surface area contributed by atoms with Crippen LogP contribution in [0.25, 0.3) is 16.9 Å². The minimum absolute atomic E-state index is 0.236. The van der Waals surface area contributed by atoms with Gasteiger partial charge in [-0.25, -0.2) is 9.67 Å². The second-order valence-corrected chi connectivity index (χ2v) is 4.08. The first-order valence-corrected chi connectivity index (χ1v) is 5.87. The highest BCUT2D eigenvalue weighted by Gasteiger charge is 2.10. The highest BCUT2D eigenvalue weighted by Crippen LogP contribution is 2.13. The van der Waals surface area contributed by atoms with Gasteiger partial charge in [0.05, 0.1) is 17.2 Å². The molecule has 0 unspecified atom stereocenters. The van der Waals surface area contributed by atoms with Crippen molar-refractivity contribution in [1.29, 1.82) is 5.26 Å². The fourth-order valence-electron chi connectivity index (χ4n) is 1.88. The molecule has 0 fully saturated rings. The predicted molar refractivity (Wildman–Crippen MR) is 72.1 cm³/mol. The Morgan fingerprint density at radius 2 is 2.20 bits per heavy atom. The molecule has 3 aromatic rings. The maximum atomic E-state index is 12.4. The molecule has 6 heteroatoms. The van der Waals surface area contributed by atoms with Crippen molar-refractivity contribution in [1.82, 2.24) is 19.7 Å². The Morgan fingerprint density at radius 3 is 2.95 bits per heavy atom. The lowest BCUT2D eigenvalue weighted by Crippen LogP contribution is -2.17. The molecule has 0 bridgehead atoms. The third-order valence-corrected chi connectivity index (χ3v) is 2.85. The van der Waals surface area contributed by atoms with Crippen LogP contribution in [0.1, 0.15) is 5.56 Å². The van der Waals surface area contributed by atoms with E-state index < -0.39 is 0 Å². The Kier molecular flexibility index (Phi) is 2.86. The van der Waals surface area contributed by atoms with Crippen LogP contribution >= 0.6 is 0 Å². The van der Waals surface area contributed by atoms with Crippen molar-refractivity contribution in [2.24, 2.45) is 0 Å². The van der Waals surface area contributed by atoms with Gasteiger partial charge in [-0.1, -0.05) is 6.07 Å². The zero-order chi connectivity index (χ0) is 13.9. The SMILES string of the molecule is N#Cc1ccnc(-n2[nH]cc(-c3cccnc3)c2=O)c1. The average Bonchev–Trinajstić information content (AvgIpc) is 2.90. The molecule has 0 radical (unpaired) electrons. The van der Waals surface area contributed by atoms with Crippen molar-refractivity contribution in [3.05, 3.63) is 65.0 Å². The average molecular weight is 263 g/mol. The molecule has 0 aromatic carbocycles. The van der Waals surface area contributed by atoms with Crippen LogP contribution in [-0.2, 0) is 0 Å². The molecule has 3 rings (SSSR count). The molecule has 0 amide bonds. The maximum absolute atomic E-state index is 12.4. The molecule has 1 N–H and O–H groups in total. The third-order valence-electron chi connectivity index (χ3n) is 2.85. The number of aromatic amines is 1. The zero-order valence-electron chi connectivity index (χ0n) is 10.3. The summed E-state index contributed by atoms with van der Waals surface area (Å²) >= 11 is 0. The van der Waals surface area contributed by atoms with Gasteiger partial charge in [0.25, 0.3) is 5.56 Å². The summed E-state index contributed by atoms with van der Waals surface area (Å²) in [6.07, 6.45) is 6.35. The largest absolute Gasteiger partial charge is 0.296 e. The number of nitriles is 1. The second kappa shape index (κ2) is 4.82. The summed E-state index contributed by atoms with van der Waals surface area (Å²) in [4.78, 5) is 20.4. The van der Waals surface area contributed by atoms with E-state index in [1.807, 2.05) is 6.07 Å². The Bertz CT molecular complexity index is 842. The van der Waals surface area contributed by atoms with Gasteiger partial charge < -0.3 is 0 Å². The van der Waals surface area contributed by atoms with Gasteiger partial charge in [0.2, 0.25) is 0 Å². The Morgan fingerprint density at radius 1 is 1.30 bits per heavy atom. The molecule has 6 nitrogen and oxygen atoms in total. The summed E-state index contributed by atoms with van der Waals surface area (Å²) in [5.41, 5.74) is 1.44. The topological polar surface area (TPSA) is 87.4 Å². The molecule has 3 aromatic heterocycles. The highest BCUT2D eigenvalue weighted by atomic mass is 16.1. The lowest BCUT2D eigenvalue weighted by Gasteiger charge is -1.99. The summed E-state index contributed by atoms with van der Waals surface area (Å²) in [6.45, 7) is 0. The Hall–Kier alpha value is -3.20. The number of hydrogen-bond acceptors (Lipinski definition) is 4. The molecule has 0 atom stereocenters. The molecular formula is C14H9N5O. The van der Waals surface area contributed by atoms with Gasteiger partial charge in [-0.2, -0.15) is 5.26 Å². The minimum Gasteiger partial charge on any atom is -0.296 e. The van der Waals surface area contributed by atoms with E-state index in [9.17, 15) is 4.79 Å². The summed E-state index contributed by atoms with van der Waals surface area (Å²) in [5, 5.41) is 11.7. The maximum Gasteiger partial charge on any atom is 0.280 e. The molecule has 0 saturated heterocycles. The Balaban J connectivity index is 2.12. The number of aromatic nitrogens is 4. The van der Waals surface area contributed by atoms with Crippen LogP contribution < -0.4 is 5.56 Å². The van der Waals surface area contributed by atoms with Gasteiger partial charge in [0.15, 0.2) is 5.82 Å². The van der Waals surface area contributed by atoms with E-state index in [4.69, 9.17) is 5.26 Å². The quantitative estimate of drug-likeness (QED) is 0.758. The van der Waals surface area contributed by atoms with Gasteiger partial charge >= 0.3 is 0 Å². The summed E-state index contributed by atoms with van der Waals surface area (Å²) in [7, 11) is 0. The molecule has 20 heavy (non-hydrogen) atoms. The van der Waals surface area contributed by atoms with E-state index in [1.54, 1.807) is 42.9 Å². The zero-order valence-corrected chi connectivity index (χ0v) is 10.3. The number of pyridine rings is 2. The first-order valence-electron chi connectivity index (χ1n) is 5.87. The number of nitrogens with one attached hydrogen (secondary N) is 1. The summed E-state index contributed by atoms with van der Waals surface area (Å²) in [5.74, 6) is 0.379. The fraction of sp³-hybridized carbons (Fsp3) is 0. The normalized spacial score (nSPS) is 10.2. The highest BCUT2D eigenvalue weighted by molar-refractivity contribution is 5.60. The lowest BCUT2D eigenvalue weighted by molar-refractivity contribution is 0.818. The molecule has 0 aliphatic heterocycles. The molecule has 3 heterocycles. The van der Waals surface area contributed by atoms with Gasteiger partial charge in [0, 0.05) is 36.4 Å². The molecule has 0 aliphatic carbocycles. The smallest absolute Gasteiger partial charge is 0.280 e. The van der Waals surface area contributed by atoms with Crippen molar-refractivity contribution < 1.29 is 0 Å². The standard InChI is InChI=1S/C14H9N5O/c15-7-10-3-5-17-13(6-10)19-14(20)12(9-18-19)11-2-1-4-16-8-11/h1-6,8-9,18H. The number of hydrogen-bond donors (Lipinski definition) is 1.